The van der Waals surface area contributed by atoms with Crippen LogP contribution in [-0.4, -0.2) is 16.0 Å². The second kappa shape index (κ2) is 5.22. The summed E-state index contributed by atoms with van der Waals surface area (Å²) < 4.78 is 0. The third kappa shape index (κ3) is 2.33. The van der Waals surface area contributed by atoms with Crippen molar-refractivity contribution in [3.63, 3.8) is 0 Å². The van der Waals surface area contributed by atoms with E-state index in [0.717, 1.165) is 33.2 Å². The molecule has 22 heavy (non-hydrogen) atoms. The first-order chi connectivity index (χ1) is 10.5. The number of rotatable bonds is 3. The van der Waals surface area contributed by atoms with Crippen molar-refractivity contribution in [3.8, 4) is 16.9 Å². The summed E-state index contributed by atoms with van der Waals surface area (Å²) >= 11 is 0. The molecule has 0 saturated heterocycles. The van der Waals surface area contributed by atoms with E-state index < -0.39 is 5.91 Å². The Bertz CT molecular complexity index is 878. The molecule has 2 aromatic carbocycles. The van der Waals surface area contributed by atoms with Gasteiger partial charge in [-0.1, -0.05) is 24.3 Å². The first-order valence-corrected chi connectivity index (χ1v) is 7.15. The Labute approximate surface area is 128 Å². The Balaban J connectivity index is 2.30. The lowest BCUT2D eigenvalue weighted by atomic mass is 9.94. The molecule has 0 bridgehead atoms. The predicted molar refractivity (Wildman–Crippen MR) is 87.8 cm³/mol. The number of carbonyl (C=O) groups excluding carboxylic acids is 1. The Morgan fingerprint density at radius 2 is 2.05 bits per heavy atom. The number of phenolic OH excluding ortho intramolecular Hbond substituents is 1. The van der Waals surface area contributed by atoms with Crippen LogP contribution in [0.2, 0.25) is 0 Å². The van der Waals surface area contributed by atoms with Crippen LogP contribution in [0.5, 0.6) is 5.75 Å². The van der Waals surface area contributed by atoms with Gasteiger partial charge in [-0.25, -0.2) is 0 Å². The van der Waals surface area contributed by atoms with Crippen molar-refractivity contribution >= 4 is 16.8 Å². The molecule has 0 aliphatic heterocycles. The average molecular weight is 294 g/mol. The number of hydrogen-bond acceptors (Lipinski definition) is 2. The van der Waals surface area contributed by atoms with Crippen LogP contribution in [0.15, 0.2) is 36.5 Å². The molecule has 1 amide bonds. The maximum Gasteiger partial charge on any atom is 0.221 e. The number of phenols is 1. The Morgan fingerprint density at radius 1 is 1.27 bits per heavy atom. The summed E-state index contributed by atoms with van der Waals surface area (Å²) in [5.41, 5.74) is 10.7. The number of hydrogen-bond donors (Lipinski definition) is 3. The van der Waals surface area contributed by atoms with Gasteiger partial charge in [-0.3, -0.25) is 4.79 Å². The molecule has 4 N–H and O–H groups in total. The third-order valence-electron chi connectivity index (χ3n) is 3.90. The van der Waals surface area contributed by atoms with Crippen LogP contribution in [0, 0.1) is 13.8 Å². The Morgan fingerprint density at radius 3 is 2.77 bits per heavy atom. The standard InChI is InChI=1S/C18H18N2O2/c1-10-6-12(8-16(19)22)17(15(21)7-10)14-9-20-18-11(2)4-3-5-13(14)18/h3-7,9,20-21H,8H2,1-2H3,(H2,19,22). The van der Waals surface area contributed by atoms with Gasteiger partial charge in [0.25, 0.3) is 0 Å². The van der Waals surface area contributed by atoms with Gasteiger partial charge in [0.2, 0.25) is 5.91 Å². The average Bonchev–Trinajstić information content (AvgIpc) is 2.82. The molecule has 112 valence electrons. The molecule has 0 spiro atoms. The second-order valence-corrected chi connectivity index (χ2v) is 5.66. The molecule has 1 aromatic heterocycles. The molecule has 0 saturated carbocycles. The number of nitrogens with one attached hydrogen (secondary N) is 1. The number of H-pyrrole nitrogens is 1. The van der Waals surface area contributed by atoms with Crippen LogP contribution in [0.25, 0.3) is 22.0 Å². The van der Waals surface area contributed by atoms with Crippen molar-refractivity contribution in [2.24, 2.45) is 5.73 Å². The second-order valence-electron chi connectivity index (χ2n) is 5.66. The van der Waals surface area contributed by atoms with Crippen LogP contribution in [0.3, 0.4) is 0 Å². The number of aromatic amines is 1. The van der Waals surface area contributed by atoms with Gasteiger partial charge < -0.3 is 15.8 Å². The highest BCUT2D eigenvalue weighted by Gasteiger charge is 2.17. The van der Waals surface area contributed by atoms with E-state index in [4.69, 9.17) is 5.73 Å². The molecular weight excluding hydrogens is 276 g/mol. The van der Waals surface area contributed by atoms with Gasteiger partial charge >= 0.3 is 0 Å². The van der Waals surface area contributed by atoms with Crippen LogP contribution >= 0.6 is 0 Å². The minimum atomic E-state index is -0.415. The number of para-hydroxylation sites is 1. The lowest BCUT2D eigenvalue weighted by Gasteiger charge is -2.12. The molecule has 3 aromatic rings. The predicted octanol–water partition coefficient (Wildman–Crippen LogP) is 3.19. The molecular formula is C18H18N2O2. The highest BCUT2D eigenvalue weighted by atomic mass is 16.3. The van der Waals surface area contributed by atoms with Gasteiger partial charge in [-0.15, -0.1) is 0 Å². The summed E-state index contributed by atoms with van der Waals surface area (Å²) in [7, 11) is 0. The first-order valence-electron chi connectivity index (χ1n) is 7.15. The number of benzene rings is 2. The van der Waals surface area contributed by atoms with Gasteiger partial charge in [0, 0.05) is 28.2 Å². The molecule has 0 aliphatic carbocycles. The Kier molecular flexibility index (Phi) is 3.37. The molecule has 0 radical (unpaired) electrons. The van der Waals surface area contributed by atoms with Gasteiger partial charge in [0.15, 0.2) is 0 Å². The topological polar surface area (TPSA) is 79.1 Å². The zero-order valence-corrected chi connectivity index (χ0v) is 12.6. The Hall–Kier alpha value is -2.75. The summed E-state index contributed by atoms with van der Waals surface area (Å²) in [6.45, 7) is 3.91. The van der Waals surface area contributed by atoms with Crippen molar-refractivity contribution < 1.29 is 9.90 Å². The van der Waals surface area contributed by atoms with Crippen molar-refractivity contribution in [2.75, 3.05) is 0 Å². The minimum absolute atomic E-state index is 0.100. The quantitative estimate of drug-likeness (QED) is 0.693. The molecule has 0 aliphatic rings. The lowest BCUT2D eigenvalue weighted by Crippen LogP contribution is -2.14. The maximum absolute atomic E-state index is 11.4. The summed E-state index contributed by atoms with van der Waals surface area (Å²) in [6.07, 6.45) is 1.97. The van der Waals surface area contributed by atoms with E-state index in [-0.39, 0.29) is 12.2 Å². The summed E-state index contributed by atoms with van der Waals surface area (Å²) in [5, 5.41) is 11.4. The monoisotopic (exact) mass is 294 g/mol. The SMILES string of the molecule is Cc1cc(O)c(-c2c[nH]c3c(C)cccc23)c(CC(N)=O)c1. The maximum atomic E-state index is 11.4. The fourth-order valence-corrected chi connectivity index (χ4v) is 2.99. The summed E-state index contributed by atoms with van der Waals surface area (Å²) in [4.78, 5) is 14.6. The first kappa shape index (κ1) is 14.2. The number of aryl methyl sites for hydroxylation is 2. The largest absolute Gasteiger partial charge is 0.507 e. The molecule has 4 heteroatoms. The lowest BCUT2D eigenvalue weighted by molar-refractivity contribution is -0.117. The van der Waals surface area contributed by atoms with E-state index in [9.17, 15) is 9.90 Å². The van der Waals surface area contributed by atoms with E-state index in [1.807, 2.05) is 44.3 Å². The molecule has 0 atom stereocenters. The van der Waals surface area contributed by atoms with Crippen molar-refractivity contribution in [3.05, 3.63) is 53.2 Å². The fourth-order valence-electron chi connectivity index (χ4n) is 2.99. The molecule has 0 fully saturated rings. The van der Waals surface area contributed by atoms with Crippen LogP contribution in [-0.2, 0) is 11.2 Å². The zero-order chi connectivity index (χ0) is 15.9. The number of nitrogens with two attached hydrogens (primary N) is 1. The van der Waals surface area contributed by atoms with Gasteiger partial charge in [0.1, 0.15) is 5.75 Å². The van der Waals surface area contributed by atoms with Gasteiger partial charge in [-0.2, -0.15) is 0 Å². The van der Waals surface area contributed by atoms with E-state index in [2.05, 4.69) is 4.98 Å². The number of aromatic hydroxyl groups is 1. The van der Waals surface area contributed by atoms with E-state index >= 15 is 0 Å². The zero-order valence-electron chi connectivity index (χ0n) is 12.6. The number of carbonyl (C=O) groups is 1. The van der Waals surface area contributed by atoms with Crippen molar-refractivity contribution in [1.29, 1.82) is 0 Å². The van der Waals surface area contributed by atoms with Crippen LogP contribution in [0.1, 0.15) is 16.7 Å². The molecule has 1 heterocycles. The number of amides is 1. The normalized spacial score (nSPS) is 11.0. The van der Waals surface area contributed by atoms with Gasteiger partial charge in [-0.05, 0) is 36.6 Å². The number of primary amides is 1. The van der Waals surface area contributed by atoms with Gasteiger partial charge in [0.05, 0.1) is 6.42 Å². The molecule has 0 unspecified atom stereocenters. The minimum Gasteiger partial charge on any atom is -0.507 e. The van der Waals surface area contributed by atoms with Crippen molar-refractivity contribution in [1.82, 2.24) is 4.98 Å². The van der Waals surface area contributed by atoms with Crippen molar-refractivity contribution in [2.45, 2.75) is 20.3 Å². The highest BCUT2D eigenvalue weighted by molar-refractivity contribution is 5.99. The molecule has 4 nitrogen and oxygen atoms in total. The summed E-state index contributed by atoms with van der Waals surface area (Å²) in [5.74, 6) is -0.249. The number of fused-ring (bicyclic) bond motifs is 1. The van der Waals surface area contributed by atoms with Crippen LogP contribution < -0.4 is 5.73 Å². The molecule has 3 rings (SSSR count). The summed E-state index contributed by atoms with van der Waals surface area (Å²) in [6, 6.07) is 9.61. The van der Waals surface area contributed by atoms with Crippen LogP contribution in [0.4, 0.5) is 0 Å². The number of aromatic nitrogens is 1. The highest BCUT2D eigenvalue weighted by Crippen LogP contribution is 2.38. The van der Waals surface area contributed by atoms with E-state index in [0.29, 0.717) is 5.56 Å². The fraction of sp³-hybridized carbons (Fsp3) is 0.167. The third-order valence-corrected chi connectivity index (χ3v) is 3.90. The smallest absolute Gasteiger partial charge is 0.221 e. The van der Waals surface area contributed by atoms with E-state index in [1.54, 1.807) is 6.07 Å². The van der Waals surface area contributed by atoms with E-state index in [1.165, 1.54) is 0 Å².